The maximum Gasteiger partial charge on any atom is 0.303 e. The number of rotatable bonds is 6. The number of carboxylic acid groups (broad SMARTS) is 1. The van der Waals surface area contributed by atoms with Gasteiger partial charge in [-0.1, -0.05) is 0 Å². The molecule has 0 aromatic heterocycles. The first kappa shape index (κ1) is 15.0. The van der Waals surface area contributed by atoms with Gasteiger partial charge in [0.1, 0.15) is 0 Å². The lowest BCUT2D eigenvalue weighted by atomic mass is 9.94. The molecule has 18 heavy (non-hydrogen) atoms. The number of ether oxygens (including phenoxy) is 1. The van der Waals surface area contributed by atoms with Crippen molar-refractivity contribution < 1.29 is 19.4 Å². The van der Waals surface area contributed by atoms with E-state index in [0.29, 0.717) is 18.8 Å². The maximum atomic E-state index is 11.9. The minimum absolute atomic E-state index is 0.0114. The predicted molar refractivity (Wildman–Crippen MR) is 67.3 cm³/mol. The average Bonchev–Trinajstić information content (AvgIpc) is 2.27. The molecule has 1 fully saturated rings. The Hall–Kier alpha value is -1.10. The van der Waals surface area contributed by atoms with Crippen molar-refractivity contribution in [1.82, 2.24) is 5.32 Å². The first-order valence-electron chi connectivity index (χ1n) is 6.49. The summed E-state index contributed by atoms with van der Waals surface area (Å²) in [5, 5.41) is 11.6. The van der Waals surface area contributed by atoms with Crippen LogP contribution in [0.25, 0.3) is 0 Å². The molecular formula is C13H23NO4. The first-order valence-corrected chi connectivity index (χ1v) is 6.49. The molecule has 0 saturated carbocycles. The summed E-state index contributed by atoms with van der Waals surface area (Å²) in [6.45, 7) is 5.19. The molecule has 0 unspecified atom stereocenters. The van der Waals surface area contributed by atoms with E-state index in [0.717, 1.165) is 26.1 Å². The fourth-order valence-corrected chi connectivity index (χ4v) is 2.12. The Morgan fingerprint density at radius 2 is 1.94 bits per heavy atom. The number of amides is 1. The lowest BCUT2D eigenvalue weighted by Gasteiger charge is -2.28. The normalized spacial score (nSPS) is 17.4. The Kier molecular flexibility index (Phi) is 5.59. The highest BCUT2D eigenvalue weighted by Crippen LogP contribution is 2.19. The van der Waals surface area contributed by atoms with Crippen LogP contribution in [0.15, 0.2) is 0 Å². The van der Waals surface area contributed by atoms with Gasteiger partial charge in [0, 0.05) is 31.6 Å². The van der Waals surface area contributed by atoms with Gasteiger partial charge in [-0.15, -0.1) is 0 Å². The van der Waals surface area contributed by atoms with Crippen molar-refractivity contribution in [2.45, 2.75) is 51.5 Å². The molecule has 1 heterocycles. The van der Waals surface area contributed by atoms with Crippen LogP contribution < -0.4 is 5.32 Å². The molecule has 1 rings (SSSR count). The lowest BCUT2D eigenvalue weighted by Crippen LogP contribution is -2.44. The van der Waals surface area contributed by atoms with Crippen LogP contribution in [0.2, 0.25) is 0 Å². The summed E-state index contributed by atoms with van der Waals surface area (Å²) in [5.74, 6) is -0.423. The molecule has 2 N–H and O–H groups in total. The molecule has 0 spiro atoms. The fourth-order valence-electron chi connectivity index (χ4n) is 2.12. The van der Waals surface area contributed by atoms with E-state index in [1.807, 2.05) is 13.8 Å². The number of carboxylic acids is 1. The van der Waals surface area contributed by atoms with Crippen molar-refractivity contribution in [1.29, 1.82) is 0 Å². The SMILES string of the molecule is CC(C)(CCC(=O)O)NC(=O)CC1CCOCC1. The van der Waals surface area contributed by atoms with Gasteiger partial charge in [0.05, 0.1) is 0 Å². The van der Waals surface area contributed by atoms with Crippen molar-refractivity contribution in [2.75, 3.05) is 13.2 Å². The van der Waals surface area contributed by atoms with Gasteiger partial charge in [-0.05, 0) is 39.0 Å². The van der Waals surface area contributed by atoms with Crippen molar-refractivity contribution in [3.8, 4) is 0 Å². The Labute approximate surface area is 108 Å². The van der Waals surface area contributed by atoms with Crippen LogP contribution in [0.4, 0.5) is 0 Å². The number of carbonyl (C=O) groups excluding carboxylic acids is 1. The molecule has 1 amide bonds. The van der Waals surface area contributed by atoms with Crippen LogP contribution >= 0.6 is 0 Å². The summed E-state index contributed by atoms with van der Waals surface area (Å²) in [6, 6.07) is 0. The van der Waals surface area contributed by atoms with Crippen LogP contribution in [-0.2, 0) is 14.3 Å². The molecule has 0 aromatic rings. The van der Waals surface area contributed by atoms with Gasteiger partial charge >= 0.3 is 5.97 Å². The summed E-state index contributed by atoms with van der Waals surface area (Å²) >= 11 is 0. The largest absolute Gasteiger partial charge is 0.481 e. The van der Waals surface area contributed by atoms with Crippen molar-refractivity contribution in [3.05, 3.63) is 0 Å². The van der Waals surface area contributed by atoms with E-state index in [1.165, 1.54) is 0 Å². The van der Waals surface area contributed by atoms with Crippen molar-refractivity contribution in [2.24, 2.45) is 5.92 Å². The van der Waals surface area contributed by atoms with Gasteiger partial charge in [0.15, 0.2) is 0 Å². The highest BCUT2D eigenvalue weighted by molar-refractivity contribution is 5.77. The fraction of sp³-hybridized carbons (Fsp3) is 0.846. The van der Waals surface area contributed by atoms with E-state index >= 15 is 0 Å². The lowest BCUT2D eigenvalue weighted by molar-refractivity contribution is -0.138. The Morgan fingerprint density at radius 3 is 2.50 bits per heavy atom. The Morgan fingerprint density at radius 1 is 1.33 bits per heavy atom. The monoisotopic (exact) mass is 257 g/mol. The van der Waals surface area contributed by atoms with E-state index in [2.05, 4.69) is 5.32 Å². The summed E-state index contributed by atoms with van der Waals surface area (Å²) in [5.41, 5.74) is -0.458. The predicted octanol–water partition coefficient (Wildman–Crippen LogP) is 1.56. The van der Waals surface area contributed by atoms with E-state index in [-0.39, 0.29) is 12.3 Å². The van der Waals surface area contributed by atoms with Crippen LogP contribution in [0.5, 0.6) is 0 Å². The second-order valence-electron chi connectivity index (χ2n) is 5.59. The highest BCUT2D eigenvalue weighted by atomic mass is 16.5. The summed E-state index contributed by atoms with van der Waals surface area (Å²) < 4.78 is 5.25. The van der Waals surface area contributed by atoms with E-state index in [9.17, 15) is 9.59 Å². The zero-order valence-electron chi connectivity index (χ0n) is 11.2. The molecule has 0 aliphatic carbocycles. The van der Waals surface area contributed by atoms with Gasteiger partial charge in [0.2, 0.25) is 5.91 Å². The smallest absolute Gasteiger partial charge is 0.303 e. The average molecular weight is 257 g/mol. The number of hydrogen-bond donors (Lipinski definition) is 2. The molecular weight excluding hydrogens is 234 g/mol. The first-order chi connectivity index (χ1) is 8.39. The zero-order valence-corrected chi connectivity index (χ0v) is 11.2. The van der Waals surface area contributed by atoms with E-state index < -0.39 is 11.5 Å². The highest BCUT2D eigenvalue weighted by Gasteiger charge is 2.24. The second kappa shape index (κ2) is 6.73. The van der Waals surface area contributed by atoms with Gasteiger partial charge in [0.25, 0.3) is 0 Å². The summed E-state index contributed by atoms with van der Waals surface area (Å²) in [4.78, 5) is 22.4. The van der Waals surface area contributed by atoms with E-state index in [1.54, 1.807) is 0 Å². The molecule has 0 radical (unpaired) electrons. The van der Waals surface area contributed by atoms with E-state index in [4.69, 9.17) is 9.84 Å². The van der Waals surface area contributed by atoms with Gasteiger partial charge < -0.3 is 15.2 Å². The van der Waals surface area contributed by atoms with Crippen LogP contribution in [0.3, 0.4) is 0 Å². The molecule has 0 atom stereocenters. The maximum absolute atomic E-state index is 11.9. The third-order valence-electron chi connectivity index (χ3n) is 3.26. The molecule has 104 valence electrons. The minimum Gasteiger partial charge on any atom is -0.481 e. The number of carbonyl (C=O) groups is 2. The zero-order chi connectivity index (χ0) is 13.6. The molecule has 1 aliphatic rings. The number of hydrogen-bond acceptors (Lipinski definition) is 3. The molecule has 0 aromatic carbocycles. The Bertz CT molecular complexity index is 295. The number of aliphatic carboxylic acids is 1. The molecule has 0 bridgehead atoms. The van der Waals surface area contributed by atoms with Crippen molar-refractivity contribution in [3.63, 3.8) is 0 Å². The third-order valence-corrected chi connectivity index (χ3v) is 3.26. The third kappa shape index (κ3) is 6.00. The summed E-state index contributed by atoms with van der Waals surface area (Å²) in [6.07, 6.45) is 2.90. The molecule has 5 nitrogen and oxygen atoms in total. The molecule has 5 heteroatoms. The topological polar surface area (TPSA) is 75.6 Å². The minimum atomic E-state index is -0.832. The van der Waals surface area contributed by atoms with Crippen LogP contribution in [0.1, 0.15) is 46.0 Å². The second-order valence-corrected chi connectivity index (χ2v) is 5.59. The number of nitrogens with one attached hydrogen (secondary N) is 1. The van der Waals surface area contributed by atoms with Crippen molar-refractivity contribution >= 4 is 11.9 Å². The van der Waals surface area contributed by atoms with Gasteiger partial charge in [-0.25, -0.2) is 0 Å². The van der Waals surface area contributed by atoms with Gasteiger partial charge in [-0.3, -0.25) is 9.59 Å². The Balaban J connectivity index is 2.30. The van der Waals surface area contributed by atoms with Crippen LogP contribution in [-0.4, -0.2) is 35.7 Å². The molecule has 1 saturated heterocycles. The quantitative estimate of drug-likeness (QED) is 0.757. The van der Waals surface area contributed by atoms with Crippen LogP contribution in [0, 0.1) is 5.92 Å². The summed E-state index contributed by atoms with van der Waals surface area (Å²) in [7, 11) is 0. The van der Waals surface area contributed by atoms with Gasteiger partial charge in [-0.2, -0.15) is 0 Å². The standard InChI is InChI=1S/C13H23NO4/c1-13(2,6-3-12(16)17)14-11(15)9-10-4-7-18-8-5-10/h10H,3-9H2,1-2H3,(H,14,15)(H,16,17). The molecule has 1 aliphatic heterocycles.